The van der Waals surface area contributed by atoms with Gasteiger partial charge in [-0.25, -0.2) is 4.79 Å². The predicted octanol–water partition coefficient (Wildman–Crippen LogP) is 4.05. The first kappa shape index (κ1) is 26.8. The molecular formula is C30H37NO7. The number of carbonyl (C=O) groups is 2. The van der Waals surface area contributed by atoms with E-state index >= 15 is 0 Å². The summed E-state index contributed by atoms with van der Waals surface area (Å²) in [4.78, 5) is 28.1. The Morgan fingerprint density at radius 3 is 2.05 bits per heavy atom. The van der Waals surface area contributed by atoms with Crippen molar-refractivity contribution in [1.82, 2.24) is 4.90 Å². The number of fused-ring (bicyclic) bond motifs is 5. The average Bonchev–Trinajstić information content (AvgIpc) is 3.26. The highest BCUT2D eigenvalue weighted by Gasteiger charge is 2.44. The van der Waals surface area contributed by atoms with Crippen molar-refractivity contribution in [3.63, 3.8) is 0 Å². The predicted molar refractivity (Wildman–Crippen MR) is 141 cm³/mol. The second-order valence-electron chi connectivity index (χ2n) is 10.2. The summed E-state index contributed by atoms with van der Waals surface area (Å²) in [7, 11) is 1.63. The smallest absolute Gasteiger partial charge is 0.410 e. The van der Waals surface area contributed by atoms with Crippen LogP contribution in [0, 0.1) is 5.92 Å². The highest BCUT2D eigenvalue weighted by atomic mass is 16.6. The Hall–Kier alpha value is -2.78. The Balaban J connectivity index is 1.12. The quantitative estimate of drug-likeness (QED) is 0.388. The lowest BCUT2D eigenvalue weighted by Gasteiger charge is -2.47. The van der Waals surface area contributed by atoms with Gasteiger partial charge in [-0.05, 0) is 35.1 Å². The first-order valence-corrected chi connectivity index (χ1v) is 13.6. The van der Waals surface area contributed by atoms with E-state index in [0.717, 1.165) is 0 Å². The summed E-state index contributed by atoms with van der Waals surface area (Å²) in [5.41, 5.74) is 4.80. The van der Waals surface area contributed by atoms with Crippen LogP contribution in [0.1, 0.15) is 36.3 Å². The van der Waals surface area contributed by atoms with Gasteiger partial charge < -0.3 is 23.7 Å². The minimum absolute atomic E-state index is 0.0203. The molecule has 2 aliphatic heterocycles. The fraction of sp³-hybridized carbons (Fsp3) is 0.533. The molecule has 2 aromatic rings. The van der Waals surface area contributed by atoms with Gasteiger partial charge in [-0.1, -0.05) is 48.5 Å². The Morgan fingerprint density at radius 2 is 1.42 bits per heavy atom. The summed E-state index contributed by atoms with van der Waals surface area (Å²) in [5.74, 6) is 0.120. The molecule has 2 bridgehead atoms. The first-order chi connectivity index (χ1) is 18.7. The lowest BCUT2D eigenvalue weighted by molar-refractivity contribution is -0.132. The fourth-order valence-electron chi connectivity index (χ4n) is 5.99. The maximum atomic E-state index is 13.3. The Kier molecular flexibility index (Phi) is 9.06. The third-order valence-electron chi connectivity index (χ3n) is 7.82. The number of nitrogens with zero attached hydrogens (tertiary/aromatic N) is 1. The second-order valence-corrected chi connectivity index (χ2v) is 10.2. The molecule has 0 radical (unpaired) electrons. The molecule has 0 N–H and O–H groups in total. The molecule has 2 heterocycles. The van der Waals surface area contributed by atoms with Crippen LogP contribution in [0.5, 0.6) is 0 Å². The van der Waals surface area contributed by atoms with E-state index < -0.39 is 0 Å². The number of ether oxygens (including phenoxy) is 5. The molecule has 5 rings (SSSR count). The monoisotopic (exact) mass is 523 g/mol. The van der Waals surface area contributed by atoms with E-state index in [2.05, 4.69) is 24.3 Å². The van der Waals surface area contributed by atoms with E-state index in [1.54, 1.807) is 7.11 Å². The summed E-state index contributed by atoms with van der Waals surface area (Å²) in [6, 6.07) is 16.3. The zero-order valence-electron chi connectivity index (χ0n) is 22.0. The largest absolute Gasteiger partial charge is 0.448 e. The lowest BCUT2D eigenvalue weighted by atomic mass is 9.82. The summed E-state index contributed by atoms with van der Waals surface area (Å²) >= 11 is 0. The molecule has 2 fully saturated rings. The SMILES string of the molecule is COCCOCCOCCC(=O)C1CC2COCC(C1)N2C(=O)OCC1c2ccccc2-c2ccccc21. The van der Waals surface area contributed by atoms with E-state index in [0.29, 0.717) is 72.1 Å². The molecule has 204 valence electrons. The van der Waals surface area contributed by atoms with Crippen molar-refractivity contribution < 1.29 is 33.3 Å². The second kappa shape index (κ2) is 12.8. The van der Waals surface area contributed by atoms with Crippen LogP contribution in [0.2, 0.25) is 0 Å². The Morgan fingerprint density at radius 1 is 0.842 bits per heavy atom. The summed E-state index contributed by atoms with van der Waals surface area (Å²) in [6.45, 7) is 3.56. The van der Waals surface area contributed by atoms with E-state index in [4.69, 9.17) is 23.7 Å². The molecule has 1 aliphatic carbocycles. The molecule has 8 nitrogen and oxygen atoms in total. The van der Waals surface area contributed by atoms with Crippen molar-refractivity contribution in [1.29, 1.82) is 0 Å². The van der Waals surface area contributed by atoms with Crippen molar-refractivity contribution in [3.05, 3.63) is 59.7 Å². The number of amides is 1. The number of methoxy groups -OCH3 is 1. The summed E-state index contributed by atoms with van der Waals surface area (Å²) in [5, 5.41) is 0. The van der Waals surface area contributed by atoms with Crippen molar-refractivity contribution in [2.75, 3.05) is 60.0 Å². The average molecular weight is 524 g/mol. The van der Waals surface area contributed by atoms with Gasteiger partial charge in [0.2, 0.25) is 0 Å². The van der Waals surface area contributed by atoms with Crippen molar-refractivity contribution in [2.45, 2.75) is 37.3 Å². The molecular weight excluding hydrogens is 486 g/mol. The third kappa shape index (κ3) is 5.94. The van der Waals surface area contributed by atoms with Crippen molar-refractivity contribution in [3.8, 4) is 11.1 Å². The number of piperidine rings is 1. The van der Waals surface area contributed by atoms with E-state index in [1.165, 1.54) is 22.3 Å². The lowest BCUT2D eigenvalue weighted by Crippen LogP contribution is -2.60. The van der Waals surface area contributed by atoms with Crippen LogP contribution in [0.15, 0.2) is 48.5 Å². The maximum Gasteiger partial charge on any atom is 0.410 e. The van der Waals surface area contributed by atoms with Gasteiger partial charge >= 0.3 is 6.09 Å². The van der Waals surface area contributed by atoms with Gasteiger partial charge in [0.15, 0.2) is 0 Å². The number of hydrogen-bond donors (Lipinski definition) is 0. The molecule has 8 heteroatoms. The molecule has 0 saturated carbocycles. The molecule has 2 aromatic carbocycles. The van der Waals surface area contributed by atoms with Crippen molar-refractivity contribution >= 4 is 11.9 Å². The molecule has 0 spiro atoms. The minimum atomic E-state index is -0.312. The van der Waals surface area contributed by atoms with Crippen LogP contribution in [0.25, 0.3) is 11.1 Å². The standard InChI is InChI=1S/C30H37NO7/c1-34-12-13-36-15-14-35-11-10-29(32)21-16-22-18-37-19-23(17-21)31(22)30(33)38-20-28-26-8-4-2-6-24(26)25-7-3-5-9-27(25)28/h2-9,21-23,28H,10-20H2,1H3. The molecule has 2 unspecified atom stereocenters. The topological polar surface area (TPSA) is 83.5 Å². The zero-order chi connectivity index (χ0) is 26.3. The van der Waals surface area contributed by atoms with E-state index in [-0.39, 0.29) is 35.8 Å². The van der Waals surface area contributed by atoms with Gasteiger partial charge in [0, 0.05) is 25.4 Å². The Labute approximate surface area is 224 Å². The van der Waals surface area contributed by atoms with Crippen LogP contribution < -0.4 is 0 Å². The van der Waals surface area contributed by atoms with Gasteiger partial charge in [0.05, 0.1) is 58.3 Å². The molecule has 2 atom stereocenters. The van der Waals surface area contributed by atoms with E-state index in [1.807, 2.05) is 29.2 Å². The van der Waals surface area contributed by atoms with Gasteiger partial charge in [-0.3, -0.25) is 9.69 Å². The fourth-order valence-corrected chi connectivity index (χ4v) is 5.99. The van der Waals surface area contributed by atoms with Crippen LogP contribution in [0.4, 0.5) is 4.79 Å². The summed E-state index contributed by atoms with van der Waals surface area (Å²) < 4.78 is 27.6. The van der Waals surface area contributed by atoms with Crippen LogP contribution in [-0.4, -0.2) is 88.8 Å². The normalized spacial score (nSPS) is 22.1. The maximum absolute atomic E-state index is 13.3. The molecule has 3 aliphatic rings. The number of morpholine rings is 1. The number of rotatable bonds is 12. The number of Topliss-reactive ketones (excluding diaryl/α,β-unsaturated/α-hetero) is 1. The molecule has 0 aromatic heterocycles. The molecule has 38 heavy (non-hydrogen) atoms. The number of ketones is 1. The summed E-state index contributed by atoms with van der Waals surface area (Å²) in [6.07, 6.45) is 1.25. The number of hydrogen-bond acceptors (Lipinski definition) is 7. The van der Waals surface area contributed by atoms with Crippen LogP contribution >= 0.6 is 0 Å². The number of benzene rings is 2. The van der Waals surface area contributed by atoms with Crippen molar-refractivity contribution in [2.24, 2.45) is 5.92 Å². The first-order valence-electron chi connectivity index (χ1n) is 13.6. The van der Waals surface area contributed by atoms with Crippen LogP contribution in [-0.2, 0) is 28.5 Å². The third-order valence-corrected chi connectivity index (χ3v) is 7.82. The molecule has 1 amide bonds. The van der Waals surface area contributed by atoms with Gasteiger partial charge in [0.25, 0.3) is 0 Å². The van der Waals surface area contributed by atoms with E-state index in [9.17, 15) is 9.59 Å². The van der Waals surface area contributed by atoms with Gasteiger partial charge in [-0.15, -0.1) is 0 Å². The molecule has 2 saturated heterocycles. The van der Waals surface area contributed by atoms with Gasteiger partial charge in [-0.2, -0.15) is 0 Å². The minimum Gasteiger partial charge on any atom is -0.448 e. The van der Waals surface area contributed by atoms with Crippen LogP contribution in [0.3, 0.4) is 0 Å². The zero-order valence-corrected chi connectivity index (χ0v) is 22.0. The Bertz CT molecular complexity index is 1050. The highest BCUT2D eigenvalue weighted by molar-refractivity contribution is 5.82. The highest BCUT2D eigenvalue weighted by Crippen LogP contribution is 2.44. The van der Waals surface area contributed by atoms with Gasteiger partial charge in [0.1, 0.15) is 12.4 Å². The number of carbonyl (C=O) groups excluding carboxylic acids is 2.